The number of amides is 1. The molecule has 2 rings (SSSR count). The first-order valence-electron chi connectivity index (χ1n) is 7.91. The summed E-state index contributed by atoms with van der Waals surface area (Å²) in [5, 5.41) is 0. The summed E-state index contributed by atoms with van der Waals surface area (Å²) in [5.41, 5.74) is 6.01. The Bertz CT molecular complexity index is 440. The Morgan fingerprint density at radius 2 is 2.09 bits per heavy atom. The Morgan fingerprint density at radius 3 is 2.77 bits per heavy atom. The van der Waals surface area contributed by atoms with Gasteiger partial charge in [0.05, 0.1) is 6.61 Å². The van der Waals surface area contributed by atoms with Gasteiger partial charge >= 0.3 is 0 Å². The number of carbonyl (C=O) groups is 1. The summed E-state index contributed by atoms with van der Waals surface area (Å²) in [6, 6.07) is 9.97. The van der Waals surface area contributed by atoms with Crippen molar-refractivity contribution < 1.29 is 9.53 Å². The number of piperidine rings is 1. The maximum Gasteiger partial charge on any atom is 0.222 e. The van der Waals surface area contributed by atoms with E-state index in [0.717, 1.165) is 31.6 Å². The normalized spacial score (nSPS) is 19.2. The molecule has 0 radical (unpaired) electrons. The van der Waals surface area contributed by atoms with Crippen LogP contribution in [0.1, 0.15) is 39.0 Å². The number of nitrogens with zero attached hydrogens (tertiary/aromatic N) is 1. The van der Waals surface area contributed by atoms with Gasteiger partial charge in [-0.3, -0.25) is 4.79 Å². The lowest BCUT2D eigenvalue weighted by Crippen LogP contribution is -2.51. The molecule has 2 unspecified atom stereocenters. The Labute approximate surface area is 139 Å². The molecule has 1 aromatic carbocycles. The molecular formula is C17H27ClN2O2. The molecule has 0 spiro atoms. The van der Waals surface area contributed by atoms with E-state index in [2.05, 4.69) is 0 Å². The first kappa shape index (κ1) is 18.8. The number of para-hydroxylation sites is 1. The van der Waals surface area contributed by atoms with Gasteiger partial charge in [-0.05, 0) is 44.7 Å². The minimum absolute atomic E-state index is 0. The average Bonchev–Trinajstić information content (AvgIpc) is 2.52. The lowest BCUT2D eigenvalue weighted by molar-refractivity contribution is -0.135. The number of halogens is 1. The minimum Gasteiger partial charge on any atom is -0.494 e. The summed E-state index contributed by atoms with van der Waals surface area (Å²) in [4.78, 5) is 14.3. The number of hydrogen-bond acceptors (Lipinski definition) is 3. The Balaban J connectivity index is 0.00000242. The second-order valence-corrected chi connectivity index (χ2v) is 5.77. The molecule has 2 N–H and O–H groups in total. The van der Waals surface area contributed by atoms with Gasteiger partial charge < -0.3 is 15.4 Å². The maximum absolute atomic E-state index is 12.3. The molecule has 5 heteroatoms. The number of rotatable bonds is 6. The van der Waals surface area contributed by atoms with Crippen LogP contribution < -0.4 is 10.5 Å². The number of hydrogen-bond donors (Lipinski definition) is 1. The van der Waals surface area contributed by atoms with Crippen LogP contribution in [-0.4, -0.2) is 36.0 Å². The van der Waals surface area contributed by atoms with Crippen LogP contribution in [-0.2, 0) is 4.79 Å². The maximum atomic E-state index is 12.3. The zero-order chi connectivity index (χ0) is 15.1. The van der Waals surface area contributed by atoms with Gasteiger partial charge in [-0.1, -0.05) is 18.2 Å². The quantitative estimate of drug-likeness (QED) is 0.818. The number of nitrogens with two attached hydrogens (primary N) is 1. The van der Waals surface area contributed by atoms with Gasteiger partial charge in [0.1, 0.15) is 5.75 Å². The van der Waals surface area contributed by atoms with Crippen LogP contribution in [0.5, 0.6) is 5.75 Å². The molecule has 1 fully saturated rings. The van der Waals surface area contributed by atoms with E-state index in [0.29, 0.717) is 13.0 Å². The number of ether oxygens (including phenoxy) is 1. The first-order valence-corrected chi connectivity index (χ1v) is 7.91. The lowest BCUT2D eigenvalue weighted by atomic mass is 9.96. The number of carbonyl (C=O) groups excluding carboxylic acids is 1. The van der Waals surface area contributed by atoms with E-state index in [9.17, 15) is 4.79 Å². The summed E-state index contributed by atoms with van der Waals surface area (Å²) >= 11 is 0. The molecular weight excluding hydrogens is 300 g/mol. The smallest absolute Gasteiger partial charge is 0.222 e. The van der Waals surface area contributed by atoms with Crippen molar-refractivity contribution in [3.8, 4) is 5.75 Å². The standard InChI is InChI=1S/C17H26N2O2.ClH/c1-14(18)16-10-5-6-12-19(16)17(20)11-7-13-21-15-8-3-2-4-9-15;/h2-4,8-9,14,16H,5-7,10-13,18H2,1H3;1H. The molecule has 1 amide bonds. The van der Waals surface area contributed by atoms with Gasteiger partial charge in [-0.15, -0.1) is 12.4 Å². The number of likely N-dealkylation sites (tertiary alicyclic amines) is 1. The fourth-order valence-corrected chi connectivity index (χ4v) is 2.89. The molecule has 1 aliphatic rings. The predicted molar refractivity (Wildman–Crippen MR) is 91.4 cm³/mol. The molecule has 1 aliphatic heterocycles. The molecule has 0 aromatic heterocycles. The Hall–Kier alpha value is -1.26. The van der Waals surface area contributed by atoms with Crippen molar-refractivity contribution in [1.29, 1.82) is 0 Å². The molecule has 1 saturated heterocycles. The van der Waals surface area contributed by atoms with Crippen LogP contribution in [0.25, 0.3) is 0 Å². The monoisotopic (exact) mass is 326 g/mol. The van der Waals surface area contributed by atoms with Crippen LogP contribution in [0.2, 0.25) is 0 Å². The van der Waals surface area contributed by atoms with Crippen molar-refractivity contribution in [3.63, 3.8) is 0 Å². The van der Waals surface area contributed by atoms with E-state index < -0.39 is 0 Å². The predicted octanol–water partition coefficient (Wildman–Crippen LogP) is 3.00. The van der Waals surface area contributed by atoms with Gasteiger partial charge in [0.2, 0.25) is 5.91 Å². The summed E-state index contributed by atoms with van der Waals surface area (Å²) < 4.78 is 5.62. The molecule has 22 heavy (non-hydrogen) atoms. The van der Waals surface area contributed by atoms with Crippen molar-refractivity contribution in [2.24, 2.45) is 5.73 Å². The van der Waals surface area contributed by atoms with Crippen molar-refractivity contribution >= 4 is 18.3 Å². The van der Waals surface area contributed by atoms with Gasteiger partial charge in [0, 0.05) is 25.0 Å². The van der Waals surface area contributed by atoms with E-state index >= 15 is 0 Å². The van der Waals surface area contributed by atoms with Crippen LogP contribution in [0.3, 0.4) is 0 Å². The van der Waals surface area contributed by atoms with Crippen LogP contribution in [0, 0.1) is 0 Å². The zero-order valence-electron chi connectivity index (χ0n) is 13.2. The highest BCUT2D eigenvalue weighted by molar-refractivity contribution is 5.85. The van der Waals surface area contributed by atoms with Gasteiger partial charge in [0.15, 0.2) is 0 Å². The fraction of sp³-hybridized carbons (Fsp3) is 0.588. The molecule has 1 aromatic rings. The van der Waals surface area contributed by atoms with E-state index in [4.69, 9.17) is 10.5 Å². The molecule has 0 bridgehead atoms. The van der Waals surface area contributed by atoms with Crippen molar-refractivity contribution in [1.82, 2.24) is 4.90 Å². The Kier molecular flexibility index (Phi) is 8.28. The number of benzene rings is 1. The van der Waals surface area contributed by atoms with Crippen molar-refractivity contribution in [3.05, 3.63) is 30.3 Å². The molecule has 0 saturated carbocycles. The first-order chi connectivity index (χ1) is 10.2. The zero-order valence-corrected chi connectivity index (χ0v) is 14.1. The molecule has 2 atom stereocenters. The molecule has 4 nitrogen and oxygen atoms in total. The third kappa shape index (κ3) is 5.50. The topological polar surface area (TPSA) is 55.6 Å². The highest BCUT2D eigenvalue weighted by Gasteiger charge is 2.28. The fourth-order valence-electron chi connectivity index (χ4n) is 2.89. The lowest BCUT2D eigenvalue weighted by Gasteiger charge is -2.38. The Morgan fingerprint density at radius 1 is 1.36 bits per heavy atom. The third-order valence-electron chi connectivity index (χ3n) is 4.02. The summed E-state index contributed by atoms with van der Waals surface area (Å²) in [7, 11) is 0. The van der Waals surface area contributed by atoms with Crippen LogP contribution in [0.15, 0.2) is 30.3 Å². The highest BCUT2D eigenvalue weighted by Crippen LogP contribution is 2.20. The second kappa shape index (κ2) is 9.70. The second-order valence-electron chi connectivity index (χ2n) is 5.77. The van der Waals surface area contributed by atoms with Gasteiger partial charge in [0.25, 0.3) is 0 Å². The van der Waals surface area contributed by atoms with Crippen molar-refractivity contribution in [2.45, 2.75) is 51.1 Å². The summed E-state index contributed by atoms with van der Waals surface area (Å²) in [6.07, 6.45) is 4.58. The van der Waals surface area contributed by atoms with Crippen LogP contribution >= 0.6 is 12.4 Å². The molecule has 124 valence electrons. The highest BCUT2D eigenvalue weighted by atomic mass is 35.5. The van der Waals surface area contributed by atoms with E-state index in [1.165, 1.54) is 6.42 Å². The van der Waals surface area contributed by atoms with E-state index in [1.807, 2.05) is 42.2 Å². The van der Waals surface area contributed by atoms with Gasteiger partial charge in [-0.25, -0.2) is 0 Å². The largest absolute Gasteiger partial charge is 0.494 e. The summed E-state index contributed by atoms with van der Waals surface area (Å²) in [6.45, 7) is 3.42. The average molecular weight is 327 g/mol. The van der Waals surface area contributed by atoms with Gasteiger partial charge in [-0.2, -0.15) is 0 Å². The van der Waals surface area contributed by atoms with E-state index in [-0.39, 0.29) is 30.4 Å². The molecule has 0 aliphatic carbocycles. The minimum atomic E-state index is 0. The van der Waals surface area contributed by atoms with Crippen molar-refractivity contribution in [2.75, 3.05) is 13.2 Å². The molecule has 1 heterocycles. The summed E-state index contributed by atoms with van der Waals surface area (Å²) in [5.74, 6) is 1.07. The van der Waals surface area contributed by atoms with E-state index in [1.54, 1.807) is 0 Å². The third-order valence-corrected chi connectivity index (χ3v) is 4.02. The SMILES string of the molecule is CC(N)C1CCCCN1C(=O)CCCOc1ccccc1.Cl. The van der Waals surface area contributed by atoms with Crippen LogP contribution in [0.4, 0.5) is 0 Å².